The van der Waals surface area contributed by atoms with Gasteiger partial charge in [-0.2, -0.15) is 0 Å². The molecule has 2 unspecified atom stereocenters. The number of nitrogens with one attached hydrogen (secondary N) is 1. The topological polar surface area (TPSA) is 98.0 Å². The van der Waals surface area contributed by atoms with E-state index in [1.165, 1.54) is 11.3 Å². The van der Waals surface area contributed by atoms with E-state index in [1.54, 1.807) is 0 Å². The highest BCUT2D eigenvalue weighted by molar-refractivity contribution is 7.15. The number of nitro groups is 1. The van der Waals surface area contributed by atoms with Gasteiger partial charge < -0.3 is 5.32 Å². The quantitative estimate of drug-likeness (QED) is 0.619. The van der Waals surface area contributed by atoms with Gasteiger partial charge in [-0.15, -0.1) is 10.2 Å². The van der Waals surface area contributed by atoms with Gasteiger partial charge in [0.05, 0.1) is 0 Å². The largest absolute Gasteiger partial charge is 0.300 e. The van der Waals surface area contributed by atoms with Gasteiger partial charge in [-0.25, -0.2) is 0 Å². The number of aryl methyl sites for hydroxylation is 1. The zero-order valence-electron chi connectivity index (χ0n) is 8.54. The summed E-state index contributed by atoms with van der Waals surface area (Å²) in [4.78, 5) is 21.5. The Morgan fingerprint density at radius 1 is 1.69 bits per heavy atom. The molecule has 16 heavy (non-hydrogen) atoms. The predicted octanol–water partition coefficient (Wildman–Crippen LogP) is 0.704. The van der Waals surface area contributed by atoms with Crippen molar-refractivity contribution in [3.05, 3.63) is 15.1 Å². The van der Waals surface area contributed by atoms with Crippen LogP contribution in [0.4, 0.5) is 5.13 Å². The van der Waals surface area contributed by atoms with E-state index in [0.29, 0.717) is 11.6 Å². The molecule has 0 aromatic carbocycles. The van der Waals surface area contributed by atoms with Crippen LogP contribution in [0, 0.1) is 16.0 Å². The van der Waals surface area contributed by atoms with Gasteiger partial charge in [-0.1, -0.05) is 18.3 Å². The second kappa shape index (κ2) is 4.12. The number of carbonyl (C=O) groups excluding carboxylic acids is 1. The Balaban J connectivity index is 1.91. The Kier molecular flexibility index (Phi) is 2.82. The molecule has 1 saturated carbocycles. The molecule has 1 amide bonds. The number of rotatable bonds is 4. The van der Waals surface area contributed by atoms with E-state index in [-0.39, 0.29) is 5.91 Å². The van der Waals surface area contributed by atoms with Crippen LogP contribution in [0.1, 0.15) is 18.4 Å². The van der Waals surface area contributed by atoms with Crippen LogP contribution < -0.4 is 5.32 Å². The van der Waals surface area contributed by atoms with Crippen LogP contribution in [0.5, 0.6) is 0 Å². The second-order valence-electron chi connectivity index (χ2n) is 3.54. The van der Waals surface area contributed by atoms with Gasteiger partial charge in [0.2, 0.25) is 17.1 Å². The van der Waals surface area contributed by atoms with Gasteiger partial charge in [0.25, 0.3) is 0 Å². The number of carbonyl (C=O) groups is 1. The first-order valence-corrected chi connectivity index (χ1v) is 5.70. The molecule has 0 bridgehead atoms. The van der Waals surface area contributed by atoms with E-state index in [4.69, 9.17) is 0 Å². The van der Waals surface area contributed by atoms with E-state index in [9.17, 15) is 14.9 Å². The molecule has 1 aliphatic rings. The lowest BCUT2D eigenvalue weighted by Gasteiger charge is -1.96. The number of aromatic nitrogens is 2. The van der Waals surface area contributed by atoms with Crippen LogP contribution in [0.15, 0.2) is 0 Å². The molecular weight excluding hydrogens is 232 g/mol. The Labute approximate surface area is 95.0 Å². The average molecular weight is 242 g/mol. The van der Waals surface area contributed by atoms with Gasteiger partial charge in [-0.05, 0) is 6.42 Å². The van der Waals surface area contributed by atoms with Crippen LogP contribution in [-0.4, -0.2) is 27.1 Å². The van der Waals surface area contributed by atoms with Crippen molar-refractivity contribution >= 4 is 22.4 Å². The molecular formula is C8H10N4O3S. The number of amides is 1. The first-order valence-electron chi connectivity index (χ1n) is 4.88. The van der Waals surface area contributed by atoms with Crippen LogP contribution in [0.2, 0.25) is 0 Å². The molecule has 7 nitrogen and oxygen atoms in total. The number of anilines is 1. The summed E-state index contributed by atoms with van der Waals surface area (Å²) in [6, 6.07) is -0.724. The molecule has 0 radical (unpaired) electrons. The van der Waals surface area contributed by atoms with Crippen molar-refractivity contribution in [3.8, 4) is 0 Å². The molecule has 8 heteroatoms. The number of hydrogen-bond acceptors (Lipinski definition) is 6. The highest BCUT2D eigenvalue weighted by Gasteiger charge is 2.53. The van der Waals surface area contributed by atoms with Crippen molar-refractivity contribution in [1.29, 1.82) is 0 Å². The SMILES string of the molecule is CCc1nnc(NC(=O)C2CC2[N+](=O)[O-])s1. The number of nitrogens with zero attached hydrogens (tertiary/aromatic N) is 3. The minimum absolute atomic E-state index is 0.318. The molecule has 1 N–H and O–H groups in total. The van der Waals surface area contributed by atoms with Crippen molar-refractivity contribution in [2.75, 3.05) is 5.32 Å². The summed E-state index contributed by atoms with van der Waals surface area (Å²) in [6.45, 7) is 1.94. The fourth-order valence-corrected chi connectivity index (χ4v) is 2.02. The van der Waals surface area contributed by atoms with Crippen molar-refractivity contribution < 1.29 is 9.72 Å². The molecule has 1 aromatic rings. The minimum Gasteiger partial charge on any atom is -0.300 e. The maximum atomic E-state index is 11.5. The molecule has 2 atom stereocenters. The molecule has 2 rings (SSSR count). The van der Waals surface area contributed by atoms with Crippen molar-refractivity contribution in [1.82, 2.24) is 10.2 Å². The Hall–Kier alpha value is -1.57. The maximum absolute atomic E-state index is 11.5. The van der Waals surface area contributed by atoms with E-state index < -0.39 is 16.9 Å². The second-order valence-corrected chi connectivity index (χ2v) is 4.60. The standard InChI is InChI=1S/C8H10N4O3S/c1-2-6-10-11-8(16-6)9-7(13)4-3-5(4)12(14)15/h4-5H,2-3H2,1H3,(H,9,11,13). The molecule has 1 fully saturated rings. The van der Waals surface area contributed by atoms with Crippen LogP contribution in [-0.2, 0) is 11.2 Å². The summed E-state index contributed by atoms with van der Waals surface area (Å²) in [5, 5.41) is 21.8. The fraction of sp³-hybridized carbons (Fsp3) is 0.625. The summed E-state index contributed by atoms with van der Waals surface area (Å²) in [5.74, 6) is -0.843. The highest BCUT2D eigenvalue weighted by Crippen LogP contribution is 2.34. The van der Waals surface area contributed by atoms with E-state index >= 15 is 0 Å². The van der Waals surface area contributed by atoms with Crippen molar-refractivity contribution in [3.63, 3.8) is 0 Å². The van der Waals surface area contributed by atoms with Gasteiger partial charge in [0.1, 0.15) is 10.9 Å². The van der Waals surface area contributed by atoms with Crippen molar-refractivity contribution in [2.45, 2.75) is 25.8 Å². The summed E-state index contributed by atoms with van der Waals surface area (Å²) in [7, 11) is 0. The van der Waals surface area contributed by atoms with Crippen molar-refractivity contribution in [2.24, 2.45) is 5.92 Å². The van der Waals surface area contributed by atoms with Crippen LogP contribution in [0.25, 0.3) is 0 Å². The van der Waals surface area contributed by atoms with Gasteiger partial charge in [-0.3, -0.25) is 14.9 Å². The average Bonchev–Trinajstić information content (AvgIpc) is 2.94. The molecule has 86 valence electrons. The van der Waals surface area contributed by atoms with Gasteiger partial charge in [0.15, 0.2) is 0 Å². The minimum atomic E-state index is -0.724. The van der Waals surface area contributed by atoms with E-state index in [2.05, 4.69) is 15.5 Å². The molecule has 0 saturated heterocycles. The highest BCUT2D eigenvalue weighted by atomic mass is 32.1. The lowest BCUT2D eigenvalue weighted by atomic mass is 10.4. The summed E-state index contributed by atoms with van der Waals surface area (Å²) < 4.78 is 0. The summed E-state index contributed by atoms with van der Waals surface area (Å²) in [6.07, 6.45) is 1.08. The van der Waals surface area contributed by atoms with Gasteiger partial charge >= 0.3 is 0 Å². The van der Waals surface area contributed by atoms with Crippen LogP contribution in [0.3, 0.4) is 0 Å². The summed E-state index contributed by atoms with van der Waals surface area (Å²) >= 11 is 1.29. The third kappa shape index (κ3) is 2.16. The molecule has 1 aromatic heterocycles. The lowest BCUT2D eigenvalue weighted by Crippen LogP contribution is -2.18. The molecule has 1 heterocycles. The lowest BCUT2D eigenvalue weighted by molar-refractivity contribution is -0.497. The molecule has 0 spiro atoms. The normalized spacial score (nSPS) is 22.8. The fourth-order valence-electron chi connectivity index (χ4n) is 1.34. The smallest absolute Gasteiger partial charge is 0.236 e. The zero-order valence-corrected chi connectivity index (χ0v) is 9.36. The third-order valence-electron chi connectivity index (χ3n) is 2.36. The van der Waals surface area contributed by atoms with E-state index in [1.807, 2.05) is 6.92 Å². The molecule has 0 aliphatic heterocycles. The first-order chi connectivity index (χ1) is 7.61. The first kappa shape index (κ1) is 10.9. The zero-order chi connectivity index (χ0) is 11.7. The third-order valence-corrected chi connectivity index (χ3v) is 3.35. The summed E-state index contributed by atoms with van der Waals surface area (Å²) in [5.41, 5.74) is 0. The number of hydrogen-bond donors (Lipinski definition) is 1. The maximum Gasteiger partial charge on any atom is 0.236 e. The predicted molar refractivity (Wildman–Crippen MR) is 56.8 cm³/mol. The monoisotopic (exact) mass is 242 g/mol. The molecule has 1 aliphatic carbocycles. The van der Waals surface area contributed by atoms with Gasteiger partial charge in [0, 0.05) is 11.3 Å². The Morgan fingerprint density at radius 3 is 2.94 bits per heavy atom. The Bertz CT molecular complexity index is 433. The van der Waals surface area contributed by atoms with E-state index in [0.717, 1.165) is 11.4 Å². The Morgan fingerprint density at radius 2 is 2.44 bits per heavy atom. The van der Waals surface area contributed by atoms with Crippen LogP contribution >= 0.6 is 11.3 Å².